The van der Waals surface area contributed by atoms with E-state index in [9.17, 15) is 54.6 Å². The van der Waals surface area contributed by atoms with Gasteiger partial charge in [-0.1, -0.05) is 12.1 Å². The first-order valence-electron chi connectivity index (χ1n) is 14.2. The van der Waals surface area contributed by atoms with E-state index in [0.29, 0.717) is 0 Å². The van der Waals surface area contributed by atoms with E-state index in [1.54, 1.807) is 0 Å². The predicted molar refractivity (Wildman–Crippen MR) is 161 cm³/mol. The summed E-state index contributed by atoms with van der Waals surface area (Å²) < 4.78 is 21.0. The Morgan fingerprint density at radius 3 is 1.65 bits per heavy atom. The van der Waals surface area contributed by atoms with Gasteiger partial charge in [-0.05, 0) is 54.5 Å². The lowest BCUT2D eigenvalue weighted by molar-refractivity contribution is -0.215. The highest BCUT2D eigenvalue weighted by molar-refractivity contribution is 5.88. The summed E-state index contributed by atoms with van der Waals surface area (Å²) in [7, 11) is 0.963. The van der Waals surface area contributed by atoms with Crippen LogP contribution >= 0.6 is 0 Å². The molecule has 2 aromatic carbocycles. The highest BCUT2D eigenvalue weighted by Gasteiger charge is 2.55. The van der Waals surface area contributed by atoms with E-state index in [1.807, 2.05) is 0 Å². The molecule has 1 aliphatic carbocycles. The van der Waals surface area contributed by atoms with Gasteiger partial charge in [-0.3, -0.25) is 9.59 Å². The van der Waals surface area contributed by atoms with Crippen LogP contribution in [0.3, 0.4) is 0 Å². The van der Waals surface area contributed by atoms with Crippen LogP contribution in [0.15, 0.2) is 48.6 Å². The zero-order valence-electron chi connectivity index (χ0n) is 25.6. The first-order chi connectivity index (χ1) is 22.4. The van der Waals surface area contributed by atoms with E-state index >= 15 is 0 Å². The van der Waals surface area contributed by atoms with Gasteiger partial charge in [-0.15, -0.1) is 0 Å². The first kappa shape index (κ1) is 36.9. The number of carboxylic acid groups (broad SMARTS) is 1. The van der Waals surface area contributed by atoms with Crippen molar-refractivity contribution >= 4 is 42.0 Å². The van der Waals surface area contributed by atoms with E-state index in [4.69, 9.17) is 19.3 Å². The van der Waals surface area contributed by atoms with E-state index < -0.39 is 108 Å². The number of ether oxygens (including phenoxy) is 4. The minimum Gasteiger partial charge on any atom is -0.504 e. The van der Waals surface area contributed by atoms with Gasteiger partial charge in [0.2, 0.25) is 0 Å². The van der Waals surface area contributed by atoms with Crippen molar-refractivity contribution in [3.05, 3.63) is 59.7 Å². The molecule has 48 heavy (non-hydrogen) atoms. The minimum atomic E-state index is -2.44. The van der Waals surface area contributed by atoms with Gasteiger partial charge in [0.25, 0.3) is 0 Å². The summed E-state index contributed by atoms with van der Waals surface area (Å²) >= 11 is 0. The zero-order chi connectivity index (χ0) is 35.8. The molecule has 0 spiro atoms. The van der Waals surface area contributed by atoms with Crippen molar-refractivity contribution in [2.24, 2.45) is 0 Å². The van der Waals surface area contributed by atoms with Crippen molar-refractivity contribution in [3.8, 4) is 23.0 Å². The SMILES string of the molecule is COC(=O)C1(O)C[C@@H](OC(=O)C=Cc2ccc(O)c(O)c2)C(OC(=O)C[C@](C)(O)CC(=O)O)[C@H](OC(=O)C=Cc2ccc(O)c(O)c2)C1. The molecule has 258 valence electrons. The second kappa shape index (κ2) is 15.3. The minimum absolute atomic E-state index is 0.251. The van der Waals surface area contributed by atoms with Crippen LogP contribution in [0, 0.1) is 0 Å². The van der Waals surface area contributed by atoms with Crippen molar-refractivity contribution in [1.29, 1.82) is 0 Å². The van der Waals surface area contributed by atoms with E-state index in [0.717, 1.165) is 50.5 Å². The number of hydrogen-bond donors (Lipinski definition) is 7. The van der Waals surface area contributed by atoms with Crippen LogP contribution in [0.25, 0.3) is 12.2 Å². The molecule has 3 atom stereocenters. The number of esters is 4. The Morgan fingerprint density at radius 2 is 1.25 bits per heavy atom. The van der Waals surface area contributed by atoms with Crippen LogP contribution in [0.4, 0.5) is 0 Å². The maximum absolute atomic E-state index is 12.9. The number of carbonyl (C=O) groups is 5. The largest absolute Gasteiger partial charge is 0.504 e. The highest BCUT2D eigenvalue weighted by Crippen LogP contribution is 2.36. The van der Waals surface area contributed by atoms with E-state index in [1.165, 1.54) is 24.3 Å². The van der Waals surface area contributed by atoms with Gasteiger partial charge in [0, 0.05) is 25.0 Å². The molecule has 1 fully saturated rings. The van der Waals surface area contributed by atoms with Crippen molar-refractivity contribution in [2.75, 3.05) is 7.11 Å². The van der Waals surface area contributed by atoms with Crippen LogP contribution in [-0.2, 0) is 42.9 Å². The van der Waals surface area contributed by atoms with Gasteiger partial charge in [-0.25, -0.2) is 14.4 Å². The van der Waals surface area contributed by atoms with Crippen LogP contribution in [0.5, 0.6) is 23.0 Å². The van der Waals surface area contributed by atoms with Crippen molar-refractivity contribution in [2.45, 2.75) is 62.1 Å². The Kier molecular flexibility index (Phi) is 11.8. The maximum Gasteiger partial charge on any atom is 0.338 e. The number of carboxylic acids is 1. The van der Waals surface area contributed by atoms with Gasteiger partial charge in [-0.2, -0.15) is 0 Å². The molecule has 1 saturated carbocycles. The lowest BCUT2D eigenvalue weighted by atomic mass is 9.79. The smallest absolute Gasteiger partial charge is 0.338 e. The fourth-order valence-electron chi connectivity index (χ4n) is 4.83. The molecule has 1 aliphatic rings. The van der Waals surface area contributed by atoms with Crippen LogP contribution in [0.1, 0.15) is 43.7 Å². The van der Waals surface area contributed by atoms with E-state index in [-0.39, 0.29) is 11.1 Å². The molecule has 0 radical (unpaired) electrons. The molecule has 0 saturated heterocycles. The Morgan fingerprint density at radius 1 is 0.792 bits per heavy atom. The average molecular weight is 675 g/mol. The third-order valence-corrected chi connectivity index (χ3v) is 7.06. The standard InChI is InChI=1S/C32H34O16/c1-31(43,15-25(37)38)16-28(41)48-29-23(46-26(39)9-5-17-3-7-19(33)21(35)11-17)13-32(44,30(42)45-2)14-24(29)47-27(40)10-6-18-4-8-20(34)22(36)12-18/h3-12,23-24,29,33-36,43-44H,13-16H2,1-2H3,(H,37,38)/t23-,24-,29?,31-,32?/m1/s1. The van der Waals surface area contributed by atoms with Gasteiger partial charge >= 0.3 is 29.8 Å². The molecule has 16 nitrogen and oxygen atoms in total. The maximum atomic E-state index is 12.9. The summed E-state index contributed by atoms with van der Waals surface area (Å²) in [6.07, 6.45) is -4.14. The highest BCUT2D eigenvalue weighted by atomic mass is 16.6. The molecule has 0 heterocycles. The summed E-state index contributed by atoms with van der Waals surface area (Å²) in [5.41, 5.74) is -4.02. The quantitative estimate of drug-likeness (QED) is 0.0723. The Hall–Kier alpha value is -5.61. The zero-order valence-corrected chi connectivity index (χ0v) is 25.6. The second-order valence-corrected chi connectivity index (χ2v) is 11.2. The lowest BCUT2D eigenvalue weighted by Gasteiger charge is -2.42. The number of methoxy groups -OCH3 is 1. The van der Waals surface area contributed by atoms with Crippen LogP contribution in [0.2, 0.25) is 0 Å². The second-order valence-electron chi connectivity index (χ2n) is 11.2. The average Bonchev–Trinajstić information content (AvgIpc) is 2.98. The molecule has 2 aromatic rings. The normalized spacial score (nSPS) is 22.0. The first-order valence-corrected chi connectivity index (χ1v) is 14.2. The summed E-state index contributed by atoms with van der Waals surface area (Å²) in [6.45, 7) is 1.06. The van der Waals surface area contributed by atoms with Gasteiger partial charge in [0.15, 0.2) is 34.7 Å². The molecule has 0 unspecified atom stereocenters. The van der Waals surface area contributed by atoms with Crippen molar-refractivity contribution in [3.63, 3.8) is 0 Å². The fourth-order valence-corrected chi connectivity index (χ4v) is 4.83. The number of aromatic hydroxyl groups is 4. The number of aliphatic carboxylic acids is 1. The number of carbonyl (C=O) groups excluding carboxylic acids is 4. The topological polar surface area (TPSA) is 264 Å². The number of aliphatic hydroxyl groups is 2. The molecule has 3 rings (SSSR count). The lowest BCUT2D eigenvalue weighted by Crippen LogP contribution is -2.59. The van der Waals surface area contributed by atoms with Crippen LogP contribution in [-0.4, -0.2) is 102 Å². The number of rotatable bonds is 12. The molecule has 16 heteroatoms. The van der Waals surface area contributed by atoms with Crippen molar-refractivity contribution in [1.82, 2.24) is 0 Å². The summed E-state index contributed by atoms with van der Waals surface area (Å²) in [5, 5.41) is 69.1. The third kappa shape index (κ3) is 10.2. The molecule has 7 N–H and O–H groups in total. The molecule has 0 aliphatic heterocycles. The molecule has 0 amide bonds. The molecule has 0 bridgehead atoms. The molecule has 0 aromatic heterocycles. The summed E-state index contributed by atoms with van der Waals surface area (Å²) in [6, 6.07) is 7.28. The number of benzene rings is 2. The Labute approximate surface area is 272 Å². The van der Waals surface area contributed by atoms with Gasteiger partial charge in [0.1, 0.15) is 12.2 Å². The van der Waals surface area contributed by atoms with Crippen molar-refractivity contribution < 1.29 is 78.7 Å². The number of hydrogen-bond acceptors (Lipinski definition) is 15. The van der Waals surface area contributed by atoms with Gasteiger partial charge < -0.3 is 54.7 Å². The number of phenolic OH excluding ortho intramolecular Hbond substituents is 4. The summed E-state index contributed by atoms with van der Waals surface area (Å²) in [4.78, 5) is 62.5. The third-order valence-electron chi connectivity index (χ3n) is 7.06. The predicted octanol–water partition coefficient (Wildman–Crippen LogP) is 1.28. The molecular formula is C32H34O16. The molecular weight excluding hydrogens is 640 g/mol. The van der Waals surface area contributed by atoms with Gasteiger partial charge in [0.05, 0.1) is 25.6 Å². The summed E-state index contributed by atoms with van der Waals surface area (Å²) in [5.74, 6) is -7.85. The Bertz CT molecular complexity index is 1520. The fraction of sp³-hybridized carbons (Fsp3) is 0.344. The number of phenols is 4. The Balaban J connectivity index is 1.94. The monoisotopic (exact) mass is 674 g/mol. The van der Waals surface area contributed by atoms with E-state index in [2.05, 4.69) is 4.74 Å². The van der Waals surface area contributed by atoms with Crippen LogP contribution < -0.4 is 0 Å².